The first-order valence-corrected chi connectivity index (χ1v) is 9.50. The van der Waals surface area contributed by atoms with Crippen molar-refractivity contribution in [3.63, 3.8) is 0 Å². The van der Waals surface area contributed by atoms with Gasteiger partial charge in [0.15, 0.2) is 0 Å². The summed E-state index contributed by atoms with van der Waals surface area (Å²) in [5.41, 5.74) is 2.37. The second kappa shape index (κ2) is 8.91. The average molecular weight is 367 g/mol. The number of benzene rings is 2. The number of nitrogens with zero attached hydrogens (tertiary/aromatic N) is 3. The maximum Gasteiger partial charge on any atom is 0.236 e. The Hall–Kier alpha value is -2.53. The molecule has 0 saturated carbocycles. The first-order valence-electron chi connectivity index (χ1n) is 9.50. The van der Waals surface area contributed by atoms with Crippen LogP contribution in [0.2, 0.25) is 0 Å². The molecule has 1 heterocycles. The highest BCUT2D eigenvalue weighted by Gasteiger charge is 2.23. The molecule has 1 fully saturated rings. The van der Waals surface area contributed by atoms with E-state index in [9.17, 15) is 4.79 Å². The minimum Gasteiger partial charge on any atom is -0.497 e. The van der Waals surface area contributed by atoms with E-state index in [2.05, 4.69) is 41.0 Å². The maximum atomic E-state index is 12.7. The van der Waals surface area contributed by atoms with Gasteiger partial charge in [-0.1, -0.05) is 30.3 Å². The van der Waals surface area contributed by atoms with Gasteiger partial charge in [-0.25, -0.2) is 0 Å². The van der Waals surface area contributed by atoms with Crippen LogP contribution in [0.3, 0.4) is 0 Å². The van der Waals surface area contributed by atoms with E-state index < -0.39 is 0 Å². The summed E-state index contributed by atoms with van der Waals surface area (Å²) >= 11 is 0. The lowest BCUT2D eigenvalue weighted by Crippen LogP contribution is -2.50. The van der Waals surface area contributed by atoms with Crippen LogP contribution in [-0.4, -0.2) is 62.6 Å². The topological polar surface area (TPSA) is 36.0 Å². The third-order valence-corrected chi connectivity index (χ3v) is 5.43. The molecule has 2 aromatic carbocycles. The zero-order chi connectivity index (χ0) is 19.2. The molecule has 1 atom stereocenters. The number of piperazine rings is 1. The molecule has 1 aliphatic heterocycles. The van der Waals surface area contributed by atoms with Gasteiger partial charge in [-0.15, -0.1) is 0 Å². The van der Waals surface area contributed by atoms with Gasteiger partial charge < -0.3 is 14.5 Å². The minimum atomic E-state index is 0.0827. The number of amides is 1. The van der Waals surface area contributed by atoms with Crippen LogP contribution in [0.25, 0.3) is 0 Å². The van der Waals surface area contributed by atoms with E-state index in [1.165, 1.54) is 5.69 Å². The van der Waals surface area contributed by atoms with Crippen molar-refractivity contribution in [2.45, 2.75) is 13.0 Å². The lowest BCUT2D eigenvalue weighted by atomic mass is 10.1. The molecule has 1 aliphatic rings. The largest absolute Gasteiger partial charge is 0.497 e. The summed E-state index contributed by atoms with van der Waals surface area (Å²) in [6.07, 6.45) is 0. The Kier molecular flexibility index (Phi) is 6.35. The zero-order valence-corrected chi connectivity index (χ0v) is 16.5. The van der Waals surface area contributed by atoms with E-state index in [-0.39, 0.29) is 11.9 Å². The normalized spacial score (nSPS) is 16.0. The third kappa shape index (κ3) is 4.80. The first-order chi connectivity index (χ1) is 13.1. The molecule has 2 aromatic rings. The highest BCUT2D eigenvalue weighted by Crippen LogP contribution is 2.21. The predicted molar refractivity (Wildman–Crippen MR) is 109 cm³/mol. The summed E-state index contributed by atoms with van der Waals surface area (Å²) in [5, 5.41) is 0. The maximum absolute atomic E-state index is 12.7. The Morgan fingerprint density at radius 3 is 2.26 bits per heavy atom. The van der Waals surface area contributed by atoms with Crippen LogP contribution in [0.1, 0.15) is 18.5 Å². The molecule has 0 N–H and O–H groups in total. The Labute approximate surface area is 162 Å². The molecule has 0 bridgehead atoms. The van der Waals surface area contributed by atoms with Crippen LogP contribution < -0.4 is 9.64 Å². The van der Waals surface area contributed by atoms with E-state index in [1.54, 1.807) is 7.11 Å². The van der Waals surface area contributed by atoms with Gasteiger partial charge in [0.1, 0.15) is 5.75 Å². The number of ether oxygens (including phenoxy) is 1. The molecule has 0 radical (unpaired) electrons. The second-order valence-corrected chi connectivity index (χ2v) is 7.05. The molecule has 5 heteroatoms. The molecule has 0 aliphatic carbocycles. The molecule has 0 unspecified atom stereocenters. The number of carbonyl (C=O) groups excluding carboxylic acids is 1. The fraction of sp³-hybridized carbons (Fsp3) is 0.409. The summed E-state index contributed by atoms with van der Waals surface area (Å²) in [4.78, 5) is 19.2. The van der Waals surface area contributed by atoms with Gasteiger partial charge in [0.25, 0.3) is 0 Å². The van der Waals surface area contributed by atoms with E-state index in [0.29, 0.717) is 6.54 Å². The van der Waals surface area contributed by atoms with Crippen LogP contribution in [0.5, 0.6) is 5.75 Å². The SMILES string of the molecule is COc1ccc(N2CCN(CC(=O)N(C)[C@H](C)c3ccccc3)CC2)cc1. The number of hydrogen-bond donors (Lipinski definition) is 0. The van der Waals surface area contributed by atoms with E-state index in [0.717, 1.165) is 37.5 Å². The van der Waals surface area contributed by atoms with Crippen molar-refractivity contribution in [3.8, 4) is 5.75 Å². The summed E-state index contributed by atoms with van der Waals surface area (Å²) in [6, 6.07) is 18.4. The fourth-order valence-electron chi connectivity index (χ4n) is 3.43. The highest BCUT2D eigenvalue weighted by atomic mass is 16.5. The number of carbonyl (C=O) groups is 1. The smallest absolute Gasteiger partial charge is 0.236 e. The third-order valence-electron chi connectivity index (χ3n) is 5.43. The van der Waals surface area contributed by atoms with Crippen LogP contribution >= 0.6 is 0 Å². The van der Waals surface area contributed by atoms with Crippen LogP contribution in [-0.2, 0) is 4.79 Å². The van der Waals surface area contributed by atoms with Crippen molar-refractivity contribution in [1.29, 1.82) is 0 Å². The Morgan fingerprint density at radius 2 is 1.67 bits per heavy atom. The van der Waals surface area contributed by atoms with Crippen molar-refractivity contribution < 1.29 is 9.53 Å². The van der Waals surface area contributed by atoms with Crippen LogP contribution in [0.4, 0.5) is 5.69 Å². The minimum absolute atomic E-state index is 0.0827. The molecule has 5 nitrogen and oxygen atoms in total. The lowest BCUT2D eigenvalue weighted by Gasteiger charge is -2.37. The quantitative estimate of drug-likeness (QED) is 0.786. The van der Waals surface area contributed by atoms with Crippen LogP contribution in [0, 0.1) is 0 Å². The number of likely N-dealkylation sites (N-methyl/N-ethyl adjacent to an activating group) is 1. The number of hydrogen-bond acceptors (Lipinski definition) is 4. The molecule has 144 valence electrons. The molecule has 3 rings (SSSR count). The molecule has 1 saturated heterocycles. The molecular weight excluding hydrogens is 338 g/mol. The van der Waals surface area contributed by atoms with Gasteiger partial charge in [0.05, 0.1) is 19.7 Å². The van der Waals surface area contributed by atoms with Gasteiger partial charge >= 0.3 is 0 Å². The molecule has 1 amide bonds. The lowest BCUT2D eigenvalue weighted by molar-refractivity contribution is -0.133. The number of methoxy groups -OCH3 is 1. The number of anilines is 1. The summed E-state index contributed by atoms with van der Waals surface area (Å²) in [7, 11) is 3.58. The molecular formula is C22H29N3O2. The number of rotatable bonds is 6. The summed E-state index contributed by atoms with van der Waals surface area (Å²) in [5.74, 6) is 1.04. The van der Waals surface area contributed by atoms with Gasteiger partial charge in [-0.2, -0.15) is 0 Å². The molecule has 27 heavy (non-hydrogen) atoms. The Balaban J connectivity index is 1.50. The monoisotopic (exact) mass is 367 g/mol. The van der Waals surface area contributed by atoms with Crippen molar-refractivity contribution in [2.75, 3.05) is 51.8 Å². The van der Waals surface area contributed by atoms with E-state index in [1.807, 2.05) is 42.3 Å². The van der Waals surface area contributed by atoms with E-state index in [4.69, 9.17) is 4.74 Å². The summed E-state index contributed by atoms with van der Waals surface area (Å²) < 4.78 is 5.22. The molecule has 0 spiro atoms. The Bertz CT molecular complexity index is 725. The summed E-state index contributed by atoms with van der Waals surface area (Å²) in [6.45, 7) is 6.20. The van der Waals surface area contributed by atoms with Crippen molar-refractivity contribution in [2.24, 2.45) is 0 Å². The second-order valence-electron chi connectivity index (χ2n) is 7.05. The van der Waals surface area contributed by atoms with E-state index >= 15 is 0 Å². The van der Waals surface area contributed by atoms with Crippen molar-refractivity contribution >= 4 is 11.6 Å². The fourth-order valence-corrected chi connectivity index (χ4v) is 3.43. The van der Waals surface area contributed by atoms with Gasteiger partial charge in [0.2, 0.25) is 5.91 Å². The van der Waals surface area contributed by atoms with Crippen LogP contribution in [0.15, 0.2) is 54.6 Å². The first kappa shape index (κ1) is 19.2. The average Bonchev–Trinajstić information content (AvgIpc) is 2.74. The van der Waals surface area contributed by atoms with Crippen molar-refractivity contribution in [3.05, 3.63) is 60.2 Å². The zero-order valence-electron chi connectivity index (χ0n) is 16.5. The van der Waals surface area contributed by atoms with Gasteiger partial charge in [-0.3, -0.25) is 9.69 Å². The molecule has 0 aromatic heterocycles. The highest BCUT2D eigenvalue weighted by molar-refractivity contribution is 5.78. The van der Waals surface area contributed by atoms with Gasteiger partial charge in [-0.05, 0) is 36.8 Å². The van der Waals surface area contributed by atoms with Crippen molar-refractivity contribution in [1.82, 2.24) is 9.80 Å². The standard InChI is InChI=1S/C22H29N3O2/c1-18(19-7-5-4-6-8-19)23(2)22(26)17-24-13-15-25(16-14-24)20-9-11-21(27-3)12-10-20/h4-12,18H,13-17H2,1-3H3/t18-/m1/s1. The Morgan fingerprint density at radius 1 is 1.04 bits per heavy atom. The van der Waals surface area contributed by atoms with Gasteiger partial charge in [0, 0.05) is 38.9 Å². The predicted octanol–water partition coefficient (Wildman–Crippen LogP) is 3.04.